The number of methoxy groups -OCH3 is 1. The Morgan fingerprint density at radius 2 is 1.82 bits per heavy atom. The van der Waals surface area contributed by atoms with E-state index in [1.54, 1.807) is 14.0 Å². The van der Waals surface area contributed by atoms with E-state index in [-0.39, 0.29) is 5.91 Å². The largest absolute Gasteiger partial charge is 0.493 e. The molecule has 8 nitrogen and oxygen atoms in total. The second-order valence-electron chi connectivity index (χ2n) is 10.0. The first-order valence-corrected chi connectivity index (χ1v) is 13.3. The first-order chi connectivity index (χ1) is 18.9. The van der Waals surface area contributed by atoms with Crippen molar-refractivity contribution in [3.05, 3.63) is 77.7 Å². The zero-order valence-corrected chi connectivity index (χ0v) is 22.9. The Hall–Kier alpha value is -4.17. The molecule has 39 heavy (non-hydrogen) atoms. The summed E-state index contributed by atoms with van der Waals surface area (Å²) in [7, 11) is 3.76. The quantitative estimate of drug-likeness (QED) is 0.295. The van der Waals surface area contributed by atoms with Crippen LogP contribution in [0.1, 0.15) is 41.1 Å². The maximum absolute atomic E-state index is 13.1. The molecule has 3 aromatic carbocycles. The third-order valence-corrected chi connectivity index (χ3v) is 7.24. The van der Waals surface area contributed by atoms with E-state index in [1.807, 2.05) is 67.6 Å². The van der Waals surface area contributed by atoms with Gasteiger partial charge in [-0.25, -0.2) is 0 Å². The van der Waals surface area contributed by atoms with Gasteiger partial charge in [-0.3, -0.25) is 4.79 Å². The normalized spacial score (nSPS) is 15.6. The number of hydrogen-bond donors (Lipinski definition) is 1. The Kier molecular flexibility index (Phi) is 7.93. The van der Waals surface area contributed by atoms with Crippen molar-refractivity contribution >= 4 is 11.6 Å². The highest BCUT2D eigenvalue weighted by atomic mass is 16.5. The fourth-order valence-electron chi connectivity index (χ4n) is 4.96. The lowest BCUT2D eigenvalue weighted by Gasteiger charge is -2.32. The first-order valence-electron chi connectivity index (χ1n) is 13.3. The third-order valence-electron chi connectivity index (χ3n) is 7.24. The molecule has 1 aliphatic heterocycles. The van der Waals surface area contributed by atoms with Crippen LogP contribution in [0.15, 0.2) is 65.2 Å². The van der Waals surface area contributed by atoms with E-state index in [2.05, 4.69) is 27.4 Å². The van der Waals surface area contributed by atoms with Gasteiger partial charge in [0.05, 0.1) is 7.11 Å². The molecule has 1 aliphatic rings. The number of anilines is 1. The van der Waals surface area contributed by atoms with E-state index in [4.69, 9.17) is 14.0 Å². The SMILES string of the molecule is COc1ccc(NC(=O)c2ccc(-c3ccc(-c4noc(C)n4)cc3)c(C)c2)cc1OCC1CCCCN1C. The highest BCUT2D eigenvalue weighted by Crippen LogP contribution is 2.32. The predicted octanol–water partition coefficient (Wildman–Crippen LogP) is 6.14. The molecule has 1 unspecified atom stereocenters. The lowest BCUT2D eigenvalue weighted by molar-refractivity contribution is 0.102. The predicted molar refractivity (Wildman–Crippen MR) is 151 cm³/mol. The zero-order chi connectivity index (χ0) is 27.4. The van der Waals surface area contributed by atoms with Gasteiger partial charge in [0.15, 0.2) is 11.5 Å². The molecule has 0 bridgehead atoms. The molecule has 0 aliphatic carbocycles. The number of likely N-dealkylation sites (N-methyl/N-ethyl adjacent to an activating group) is 1. The van der Waals surface area contributed by atoms with Crippen LogP contribution in [0.4, 0.5) is 5.69 Å². The zero-order valence-electron chi connectivity index (χ0n) is 22.9. The van der Waals surface area contributed by atoms with Crippen LogP contribution < -0.4 is 14.8 Å². The summed E-state index contributed by atoms with van der Waals surface area (Å²) < 4.78 is 16.7. The molecule has 2 heterocycles. The fraction of sp³-hybridized carbons (Fsp3) is 0.323. The monoisotopic (exact) mass is 526 g/mol. The minimum Gasteiger partial charge on any atom is -0.493 e. The Bertz CT molecular complexity index is 1450. The second-order valence-corrected chi connectivity index (χ2v) is 10.0. The van der Waals surface area contributed by atoms with Crippen molar-refractivity contribution in [3.63, 3.8) is 0 Å². The van der Waals surface area contributed by atoms with Gasteiger partial charge in [0.2, 0.25) is 11.7 Å². The van der Waals surface area contributed by atoms with Gasteiger partial charge >= 0.3 is 0 Å². The molecular formula is C31H34N4O4. The Labute approximate surface area is 228 Å². The summed E-state index contributed by atoms with van der Waals surface area (Å²) in [5.74, 6) is 2.18. The lowest BCUT2D eigenvalue weighted by Crippen LogP contribution is -2.40. The molecular weight excluding hydrogens is 492 g/mol. The summed E-state index contributed by atoms with van der Waals surface area (Å²) in [4.78, 5) is 19.7. The number of carbonyl (C=O) groups is 1. The van der Waals surface area contributed by atoms with Gasteiger partial charge in [-0.1, -0.05) is 41.9 Å². The number of ether oxygens (including phenoxy) is 2. The molecule has 1 fully saturated rings. The van der Waals surface area contributed by atoms with Crippen LogP contribution in [-0.4, -0.2) is 54.3 Å². The molecule has 5 rings (SSSR count). The standard InChI is InChI=1S/C31H34N4O4/c1-20-17-24(12-14-27(20)22-8-10-23(11-9-22)30-32-21(2)39-34-30)31(36)33-25-13-15-28(37-4)29(18-25)38-19-26-7-5-6-16-35(26)3/h8-15,17-18,26H,5-7,16,19H2,1-4H3,(H,33,36). The summed E-state index contributed by atoms with van der Waals surface area (Å²) in [5.41, 5.74) is 5.22. The summed E-state index contributed by atoms with van der Waals surface area (Å²) >= 11 is 0. The molecule has 8 heteroatoms. The van der Waals surface area contributed by atoms with E-state index in [9.17, 15) is 4.79 Å². The molecule has 0 spiro atoms. The smallest absolute Gasteiger partial charge is 0.255 e. The van der Waals surface area contributed by atoms with Crippen molar-refractivity contribution in [2.24, 2.45) is 0 Å². The summed E-state index contributed by atoms with van der Waals surface area (Å²) in [6.07, 6.45) is 3.56. The average Bonchev–Trinajstić information content (AvgIpc) is 3.39. The van der Waals surface area contributed by atoms with Crippen LogP contribution in [0, 0.1) is 13.8 Å². The number of rotatable bonds is 8. The number of likely N-dealkylation sites (tertiary alicyclic amines) is 1. The van der Waals surface area contributed by atoms with E-state index in [1.165, 1.54) is 12.8 Å². The van der Waals surface area contributed by atoms with Gasteiger partial charge in [0, 0.05) is 35.8 Å². The molecule has 1 atom stereocenters. The highest BCUT2D eigenvalue weighted by molar-refractivity contribution is 6.05. The van der Waals surface area contributed by atoms with Gasteiger partial charge < -0.3 is 24.2 Å². The molecule has 1 amide bonds. The van der Waals surface area contributed by atoms with Crippen molar-refractivity contribution in [2.45, 2.75) is 39.2 Å². The molecule has 1 N–H and O–H groups in total. The molecule has 0 saturated carbocycles. The van der Waals surface area contributed by atoms with Crippen molar-refractivity contribution in [1.82, 2.24) is 15.0 Å². The fourth-order valence-corrected chi connectivity index (χ4v) is 4.96. The molecule has 1 saturated heterocycles. The number of hydrogen-bond acceptors (Lipinski definition) is 7. The maximum atomic E-state index is 13.1. The minimum absolute atomic E-state index is 0.185. The van der Waals surface area contributed by atoms with Crippen molar-refractivity contribution in [1.29, 1.82) is 0 Å². The van der Waals surface area contributed by atoms with Gasteiger partial charge in [-0.15, -0.1) is 0 Å². The third kappa shape index (κ3) is 6.12. The first kappa shape index (κ1) is 26.4. The van der Waals surface area contributed by atoms with Crippen LogP contribution in [0.25, 0.3) is 22.5 Å². The van der Waals surface area contributed by atoms with Crippen LogP contribution in [0.2, 0.25) is 0 Å². The summed E-state index contributed by atoms with van der Waals surface area (Å²) in [5, 5.41) is 6.98. The Morgan fingerprint density at radius 1 is 1.03 bits per heavy atom. The lowest BCUT2D eigenvalue weighted by atomic mass is 9.97. The van der Waals surface area contributed by atoms with Crippen LogP contribution in [0.3, 0.4) is 0 Å². The van der Waals surface area contributed by atoms with Gasteiger partial charge in [-0.2, -0.15) is 4.98 Å². The number of aryl methyl sites for hydroxylation is 2. The van der Waals surface area contributed by atoms with Crippen LogP contribution in [0.5, 0.6) is 11.5 Å². The Balaban J connectivity index is 1.27. The highest BCUT2D eigenvalue weighted by Gasteiger charge is 2.20. The van der Waals surface area contributed by atoms with Gasteiger partial charge in [0.1, 0.15) is 6.61 Å². The number of aromatic nitrogens is 2. The van der Waals surface area contributed by atoms with Gasteiger partial charge in [-0.05, 0) is 74.3 Å². The number of amides is 1. The van der Waals surface area contributed by atoms with E-state index >= 15 is 0 Å². The summed E-state index contributed by atoms with van der Waals surface area (Å²) in [6.45, 7) is 5.44. The van der Waals surface area contributed by atoms with Gasteiger partial charge in [0.25, 0.3) is 5.91 Å². The Morgan fingerprint density at radius 3 is 2.51 bits per heavy atom. The maximum Gasteiger partial charge on any atom is 0.255 e. The van der Waals surface area contributed by atoms with Crippen LogP contribution >= 0.6 is 0 Å². The van der Waals surface area contributed by atoms with Crippen molar-refractivity contribution in [2.75, 3.05) is 32.6 Å². The van der Waals surface area contributed by atoms with Crippen LogP contribution in [-0.2, 0) is 0 Å². The number of carbonyl (C=O) groups excluding carboxylic acids is 1. The molecule has 4 aromatic rings. The topological polar surface area (TPSA) is 89.7 Å². The minimum atomic E-state index is -0.185. The molecule has 1 aromatic heterocycles. The van der Waals surface area contributed by atoms with E-state index in [0.717, 1.165) is 35.2 Å². The molecule has 0 radical (unpaired) electrons. The summed E-state index contributed by atoms with van der Waals surface area (Å²) in [6, 6.07) is 19.5. The number of piperidine rings is 1. The number of nitrogens with zero attached hydrogens (tertiary/aromatic N) is 3. The molecule has 202 valence electrons. The number of nitrogens with one attached hydrogen (secondary N) is 1. The average molecular weight is 527 g/mol. The van der Waals surface area contributed by atoms with E-state index < -0.39 is 0 Å². The van der Waals surface area contributed by atoms with Crippen molar-refractivity contribution in [3.8, 4) is 34.0 Å². The van der Waals surface area contributed by atoms with Crippen molar-refractivity contribution < 1.29 is 18.8 Å². The number of benzene rings is 3. The second kappa shape index (κ2) is 11.7. The van der Waals surface area contributed by atoms with E-state index in [0.29, 0.717) is 47.1 Å².